The number of esters is 2. The minimum atomic E-state index is -1.09. The second-order valence-electron chi connectivity index (χ2n) is 8.42. The molecular weight excluding hydrogens is 340 g/mol. The third-order valence-corrected chi connectivity index (χ3v) is 4.92. The number of rotatable bonds is 3. The Morgan fingerprint density at radius 2 is 1.77 bits per heavy atom. The van der Waals surface area contributed by atoms with Gasteiger partial charge in [-0.3, -0.25) is 14.4 Å². The largest absolute Gasteiger partial charge is 0.436 e. The van der Waals surface area contributed by atoms with Gasteiger partial charge in [0, 0.05) is 32.1 Å². The second-order valence-corrected chi connectivity index (χ2v) is 8.42. The van der Waals surface area contributed by atoms with Gasteiger partial charge in [-0.2, -0.15) is 0 Å². The maximum atomic E-state index is 12.9. The van der Waals surface area contributed by atoms with Crippen molar-refractivity contribution in [3.05, 3.63) is 0 Å². The summed E-state index contributed by atoms with van der Waals surface area (Å²) in [5.74, 6) is -1.72. The van der Waals surface area contributed by atoms with Gasteiger partial charge in [0.05, 0.1) is 17.6 Å². The molecule has 0 N–H and O–H groups in total. The van der Waals surface area contributed by atoms with E-state index in [1.807, 2.05) is 27.7 Å². The summed E-state index contributed by atoms with van der Waals surface area (Å²) < 4.78 is 22.5. The van der Waals surface area contributed by atoms with E-state index in [9.17, 15) is 14.4 Å². The van der Waals surface area contributed by atoms with Gasteiger partial charge < -0.3 is 18.9 Å². The Labute approximate surface area is 154 Å². The topological polar surface area (TPSA) is 88.1 Å². The fourth-order valence-corrected chi connectivity index (χ4v) is 4.01. The van der Waals surface area contributed by atoms with Crippen LogP contribution in [0, 0.1) is 11.3 Å². The summed E-state index contributed by atoms with van der Waals surface area (Å²) in [5, 5.41) is 0. The van der Waals surface area contributed by atoms with Crippen molar-refractivity contribution < 1.29 is 33.3 Å². The predicted octanol–water partition coefficient (Wildman–Crippen LogP) is 2.74. The molecule has 2 rings (SSSR count). The van der Waals surface area contributed by atoms with Gasteiger partial charge >= 0.3 is 11.9 Å². The Hall–Kier alpha value is -1.47. The molecule has 5 atom stereocenters. The second kappa shape index (κ2) is 7.64. The molecule has 0 unspecified atom stereocenters. The fraction of sp³-hybridized carbons (Fsp3) is 0.842. The van der Waals surface area contributed by atoms with Crippen LogP contribution in [0.1, 0.15) is 67.2 Å². The van der Waals surface area contributed by atoms with E-state index in [4.69, 9.17) is 18.9 Å². The molecule has 1 saturated carbocycles. The van der Waals surface area contributed by atoms with Crippen LogP contribution in [0.4, 0.5) is 0 Å². The molecule has 1 saturated heterocycles. The Morgan fingerprint density at radius 3 is 2.31 bits per heavy atom. The van der Waals surface area contributed by atoms with E-state index in [1.54, 1.807) is 0 Å². The molecule has 1 aliphatic carbocycles. The molecule has 7 nitrogen and oxygen atoms in total. The highest BCUT2D eigenvalue weighted by Crippen LogP contribution is 2.50. The van der Waals surface area contributed by atoms with Crippen LogP contribution >= 0.6 is 0 Å². The number of hydrogen-bond donors (Lipinski definition) is 0. The van der Waals surface area contributed by atoms with Crippen LogP contribution in [0.25, 0.3) is 0 Å². The summed E-state index contributed by atoms with van der Waals surface area (Å²) in [6.45, 7) is 10.4. The first-order valence-electron chi connectivity index (χ1n) is 9.13. The molecule has 0 spiro atoms. The van der Waals surface area contributed by atoms with E-state index < -0.39 is 41.5 Å². The van der Waals surface area contributed by atoms with E-state index in [0.29, 0.717) is 25.7 Å². The zero-order valence-electron chi connectivity index (χ0n) is 16.5. The van der Waals surface area contributed by atoms with Crippen LogP contribution in [0.15, 0.2) is 0 Å². The predicted molar refractivity (Wildman–Crippen MR) is 91.9 cm³/mol. The molecule has 2 aliphatic rings. The third kappa shape index (κ3) is 4.82. The quantitative estimate of drug-likeness (QED) is 0.706. The van der Waals surface area contributed by atoms with Crippen LogP contribution in [0.3, 0.4) is 0 Å². The SMILES string of the molecule is CC(=O)O[C@H]1C[C@]2(C)[C@@H](OC(C)(C)C)CCCC(=O)[C@@H]2[C@H](OC(C)=O)O1. The summed E-state index contributed by atoms with van der Waals surface area (Å²) in [5.41, 5.74) is -1.09. The Bertz CT molecular complexity index is 565. The molecule has 26 heavy (non-hydrogen) atoms. The van der Waals surface area contributed by atoms with Crippen LogP contribution in [-0.2, 0) is 33.3 Å². The van der Waals surface area contributed by atoms with Gasteiger partial charge in [0.2, 0.25) is 12.6 Å². The minimum Gasteiger partial charge on any atom is -0.436 e. The standard InChI is InChI=1S/C19H30O7/c1-11(20)23-15-10-19(6)14(26-18(3,4)5)9-7-8-13(22)16(19)17(25-15)24-12(2)21/h14-17H,7-10H2,1-6H3/t14-,15+,16+,17+,19+/m0/s1. The highest BCUT2D eigenvalue weighted by molar-refractivity contribution is 5.83. The molecule has 2 fully saturated rings. The molecule has 1 heterocycles. The van der Waals surface area contributed by atoms with Gasteiger partial charge in [-0.25, -0.2) is 0 Å². The minimum absolute atomic E-state index is 0.0139. The molecule has 7 heteroatoms. The van der Waals surface area contributed by atoms with Crippen molar-refractivity contribution in [1.29, 1.82) is 0 Å². The van der Waals surface area contributed by atoms with E-state index in [1.165, 1.54) is 13.8 Å². The molecule has 0 aromatic carbocycles. The van der Waals surface area contributed by atoms with Gasteiger partial charge in [0.25, 0.3) is 0 Å². The van der Waals surface area contributed by atoms with Crippen LogP contribution < -0.4 is 0 Å². The van der Waals surface area contributed by atoms with Crippen LogP contribution in [0.2, 0.25) is 0 Å². The van der Waals surface area contributed by atoms with E-state index in [0.717, 1.165) is 0 Å². The van der Waals surface area contributed by atoms with Crippen molar-refractivity contribution in [2.75, 3.05) is 0 Å². The van der Waals surface area contributed by atoms with Crippen LogP contribution in [-0.4, -0.2) is 42.0 Å². The van der Waals surface area contributed by atoms with Gasteiger partial charge in [-0.05, 0) is 33.6 Å². The lowest BCUT2D eigenvalue weighted by molar-refractivity contribution is -0.306. The van der Waals surface area contributed by atoms with E-state index in [-0.39, 0.29) is 11.9 Å². The van der Waals surface area contributed by atoms with Gasteiger partial charge in [0.1, 0.15) is 5.78 Å². The lowest BCUT2D eigenvalue weighted by Crippen LogP contribution is -2.57. The van der Waals surface area contributed by atoms with Crippen molar-refractivity contribution >= 4 is 17.7 Å². The number of ether oxygens (including phenoxy) is 4. The molecule has 0 aromatic heterocycles. The summed E-state index contributed by atoms with van der Waals surface area (Å²) in [6, 6.07) is 0. The van der Waals surface area contributed by atoms with Crippen molar-refractivity contribution in [1.82, 2.24) is 0 Å². The number of fused-ring (bicyclic) bond motifs is 1. The van der Waals surface area contributed by atoms with Gasteiger partial charge in [-0.1, -0.05) is 6.92 Å². The van der Waals surface area contributed by atoms with Crippen molar-refractivity contribution in [2.24, 2.45) is 11.3 Å². The number of carbonyl (C=O) groups is 3. The van der Waals surface area contributed by atoms with Crippen molar-refractivity contribution in [3.8, 4) is 0 Å². The highest BCUT2D eigenvalue weighted by Gasteiger charge is 2.57. The molecule has 0 aromatic rings. The number of hydrogen-bond acceptors (Lipinski definition) is 7. The van der Waals surface area contributed by atoms with Crippen molar-refractivity contribution in [3.63, 3.8) is 0 Å². The highest BCUT2D eigenvalue weighted by atomic mass is 16.8. The Balaban J connectivity index is 2.43. The van der Waals surface area contributed by atoms with Gasteiger partial charge in [0.15, 0.2) is 0 Å². The fourth-order valence-electron chi connectivity index (χ4n) is 4.01. The molecule has 148 valence electrons. The monoisotopic (exact) mass is 370 g/mol. The number of carbonyl (C=O) groups excluding carboxylic acids is 3. The summed E-state index contributed by atoms with van der Waals surface area (Å²) in [4.78, 5) is 35.9. The summed E-state index contributed by atoms with van der Waals surface area (Å²) in [7, 11) is 0. The third-order valence-electron chi connectivity index (χ3n) is 4.92. The lowest BCUT2D eigenvalue weighted by Gasteiger charge is -2.50. The molecule has 0 bridgehead atoms. The summed E-state index contributed by atoms with van der Waals surface area (Å²) >= 11 is 0. The maximum absolute atomic E-state index is 12.9. The average Bonchev–Trinajstić information content (AvgIpc) is 2.53. The molecular formula is C19H30O7. The maximum Gasteiger partial charge on any atom is 0.304 e. The summed E-state index contributed by atoms with van der Waals surface area (Å²) in [6.07, 6.45) is -0.154. The first-order chi connectivity index (χ1) is 11.9. The van der Waals surface area contributed by atoms with Crippen molar-refractivity contribution in [2.45, 2.75) is 91.5 Å². The van der Waals surface area contributed by atoms with E-state index in [2.05, 4.69) is 0 Å². The Morgan fingerprint density at radius 1 is 1.15 bits per heavy atom. The van der Waals surface area contributed by atoms with Gasteiger partial charge in [-0.15, -0.1) is 0 Å². The average molecular weight is 370 g/mol. The Kier molecular flexibility index (Phi) is 6.13. The van der Waals surface area contributed by atoms with E-state index >= 15 is 0 Å². The first-order valence-corrected chi connectivity index (χ1v) is 9.13. The zero-order chi connectivity index (χ0) is 19.7. The molecule has 0 radical (unpaired) electrons. The smallest absolute Gasteiger partial charge is 0.304 e. The first kappa shape index (κ1) is 20.8. The lowest BCUT2D eigenvalue weighted by atomic mass is 9.67. The normalized spacial score (nSPS) is 35.2. The van der Waals surface area contributed by atoms with Crippen LogP contribution in [0.5, 0.6) is 0 Å². The number of Topliss-reactive ketones (excluding diaryl/α,β-unsaturated/α-hetero) is 1. The molecule has 1 aliphatic heterocycles. The molecule has 0 amide bonds. The number of ketones is 1. The zero-order valence-corrected chi connectivity index (χ0v) is 16.5.